The molecule has 1 atom stereocenters. The first-order valence-electron chi connectivity index (χ1n) is 4.87. The van der Waals surface area contributed by atoms with E-state index >= 15 is 0 Å². The molecular weight excluding hydrogens is 214 g/mol. The van der Waals surface area contributed by atoms with Gasteiger partial charge in [-0.1, -0.05) is 11.6 Å². The van der Waals surface area contributed by atoms with E-state index in [9.17, 15) is 4.79 Å². The summed E-state index contributed by atoms with van der Waals surface area (Å²) in [7, 11) is 1.61. The zero-order valence-electron chi connectivity index (χ0n) is 8.42. The number of nitrogens with one attached hydrogen (secondary N) is 1. The van der Waals surface area contributed by atoms with Gasteiger partial charge >= 0.3 is 0 Å². The van der Waals surface area contributed by atoms with Gasteiger partial charge in [0, 0.05) is 12.1 Å². The maximum absolute atomic E-state index is 11.4. The second kappa shape index (κ2) is 4.11. The summed E-state index contributed by atoms with van der Waals surface area (Å²) in [6.07, 6.45) is 1.16. The Morgan fingerprint density at radius 2 is 2.40 bits per heavy atom. The molecule has 0 spiro atoms. The van der Waals surface area contributed by atoms with Crippen LogP contribution in [0, 0.1) is 0 Å². The SMILES string of the molecule is CNC(=O)C1CCc2cc(Cl)ccc2O1. The minimum Gasteiger partial charge on any atom is -0.480 e. The van der Waals surface area contributed by atoms with Crippen LogP contribution >= 0.6 is 11.6 Å². The van der Waals surface area contributed by atoms with Crippen LogP contribution in [0.2, 0.25) is 5.02 Å². The second-order valence-electron chi connectivity index (χ2n) is 3.51. The Bertz CT molecular complexity index is 392. The van der Waals surface area contributed by atoms with Gasteiger partial charge in [-0.15, -0.1) is 0 Å². The van der Waals surface area contributed by atoms with Gasteiger partial charge in [0.1, 0.15) is 5.75 Å². The lowest BCUT2D eigenvalue weighted by Gasteiger charge is -2.24. The van der Waals surface area contributed by atoms with Crippen molar-refractivity contribution in [2.24, 2.45) is 0 Å². The molecule has 3 nitrogen and oxygen atoms in total. The van der Waals surface area contributed by atoms with Crippen molar-refractivity contribution in [3.63, 3.8) is 0 Å². The predicted molar refractivity (Wildman–Crippen MR) is 58.3 cm³/mol. The second-order valence-corrected chi connectivity index (χ2v) is 3.95. The summed E-state index contributed by atoms with van der Waals surface area (Å²) in [6.45, 7) is 0. The zero-order valence-corrected chi connectivity index (χ0v) is 9.17. The molecule has 0 fully saturated rings. The van der Waals surface area contributed by atoms with Gasteiger partial charge in [0.15, 0.2) is 6.10 Å². The molecule has 1 aliphatic rings. The first-order chi connectivity index (χ1) is 7.20. The summed E-state index contributed by atoms with van der Waals surface area (Å²) in [6, 6.07) is 5.47. The molecule has 1 N–H and O–H groups in total. The minimum absolute atomic E-state index is 0.0735. The van der Waals surface area contributed by atoms with E-state index in [2.05, 4.69) is 5.32 Å². The van der Waals surface area contributed by atoms with Gasteiger partial charge in [-0.25, -0.2) is 0 Å². The third-order valence-corrected chi connectivity index (χ3v) is 2.74. The van der Waals surface area contributed by atoms with Crippen molar-refractivity contribution >= 4 is 17.5 Å². The molecule has 1 unspecified atom stereocenters. The van der Waals surface area contributed by atoms with Crippen molar-refractivity contribution in [1.29, 1.82) is 0 Å². The molecule has 0 aliphatic carbocycles. The smallest absolute Gasteiger partial charge is 0.260 e. The Hall–Kier alpha value is -1.22. The number of carbonyl (C=O) groups excluding carboxylic acids is 1. The van der Waals surface area contributed by atoms with Crippen LogP contribution in [0.5, 0.6) is 5.75 Å². The summed E-state index contributed by atoms with van der Waals surface area (Å²) >= 11 is 5.87. The molecular formula is C11H12ClNO2. The number of amides is 1. The molecule has 1 aromatic carbocycles. The largest absolute Gasteiger partial charge is 0.480 e. The summed E-state index contributed by atoms with van der Waals surface area (Å²) < 4.78 is 5.57. The number of likely N-dealkylation sites (N-methyl/N-ethyl adjacent to an activating group) is 1. The van der Waals surface area contributed by atoms with Crippen LogP contribution in [0.4, 0.5) is 0 Å². The summed E-state index contributed by atoms with van der Waals surface area (Å²) in [5.74, 6) is 0.690. The van der Waals surface area contributed by atoms with E-state index < -0.39 is 0 Å². The van der Waals surface area contributed by atoms with E-state index in [0.29, 0.717) is 11.4 Å². The first-order valence-corrected chi connectivity index (χ1v) is 5.25. The summed E-state index contributed by atoms with van der Waals surface area (Å²) in [5.41, 5.74) is 1.07. The van der Waals surface area contributed by atoms with Gasteiger partial charge < -0.3 is 10.1 Å². The van der Waals surface area contributed by atoms with E-state index in [1.54, 1.807) is 13.1 Å². The molecule has 0 saturated heterocycles. The van der Waals surface area contributed by atoms with Crippen molar-refractivity contribution in [3.05, 3.63) is 28.8 Å². The molecule has 0 bridgehead atoms. The molecule has 0 aromatic heterocycles. The lowest BCUT2D eigenvalue weighted by Crippen LogP contribution is -2.38. The number of fused-ring (bicyclic) bond motifs is 1. The van der Waals surface area contributed by atoms with Crippen molar-refractivity contribution in [1.82, 2.24) is 5.32 Å². The van der Waals surface area contributed by atoms with E-state index in [-0.39, 0.29) is 12.0 Å². The van der Waals surface area contributed by atoms with Crippen molar-refractivity contribution in [2.75, 3.05) is 7.05 Å². The maximum atomic E-state index is 11.4. The molecule has 2 rings (SSSR count). The van der Waals surface area contributed by atoms with Crippen LogP contribution in [0.3, 0.4) is 0 Å². The fourth-order valence-corrected chi connectivity index (χ4v) is 1.90. The highest BCUT2D eigenvalue weighted by atomic mass is 35.5. The predicted octanol–water partition coefficient (Wildman–Crippen LogP) is 1.78. The van der Waals surface area contributed by atoms with Crippen molar-refractivity contribution in [3.8, 4) is 5.75 Å². The molecule has 1 aromatic rings. The summed E-state index contributed by atoms with van der Waals surface area (Å²) in [5, 5.41) is 3.29. The molecule has 4 heteroatoms. The van der Waals surface area contributed by atoms with Crippen LogP contribution < -0.4 is 10.1 Å². The van der Waals surface area contributed by atoms with Crippen LogP contribution in [-0.4, -0.2) is 19.1 Å². The highest BCUT2D eigenvalue weighted by molar-refractivity contribution is 6.30. The van der Waals surface area contributed by atoms with Crippen LogP contribution in [0.15, 0.2) is 18.2 Å². The normalized spacial score (nSPS) is 18.9. The van der Waals surface area contributed by atoms with E-state index in [1.165, 1.54) is 0 Å². The topological polar surface area (TPSA) is 38.3 Å². The number of hydrogen-bond donors (Lipinski definition) is 1. The molecule has 0 saturated carbocycles. The molecule has 80 valence electrons. The first kappa shape index (κ1) is 10.3. The Kier molecular flexibility index (Phi) is 2.82. The molecule has 0 radical (unpaired) electrons. The maximum Gasteiger partial charge on any atom is 0.260 e. The Labute approximate surface area is 93.4 Å². The Morgan fingerprint density at radius 3 is 3.13 bits per heavy atom. The van der Waals surface area contributed by atoms with E-state index in [0.717, 1.165) is 17.7 Å². The third kappa shape index (κ3) is 2.07. The van der Waals surface area contributed by atoms with Crippen molar-refractivity contribution < 1.29 is 9.53 Å². The van der Waals surface area contributed by atoms with Crippen molar-refractivity contribution in [2.45, 2.75) is 18.9 Å². The highest BCUT2D eigenvalue weighted by Gasteiger charge is 2.24. The molecule has 15 heavy (non-hydrogen) atoms. The van der Waals surface area contributed by atoms with E-state index in [1.807, 2.05) is 12.1 Å². The molecule has 1 amide bonds. The average molecular weight is 226 g/mol. The Morgan fingerprint density at radius 1 is 1.60 bits per heavy atom. The number of benzene rings is 1. The van der Waals surface area contributed by atoms with Crippen LogP contribution in [-0.2, 0) is 11.2 Å². The Balaban J connectivity index is 2.20. The van der Waals surface area contributed by atoms with Gasteiger partial charge in [0.05, 0.1) is 0 Å². The summed E-state index contributed by atoms with van der Waals surface area (Å²) in [4.78, 5) is 11.4. The average Bonchev–Trinajstić information content (AvgIpc) is 2.27. The highest BCUT2D eigenvalue weighted by Crippen LogP contribution is 2.29. The van der Waals surface area contributed by atoms with Gasteiger partial charge in [-0.3, -0.25) is 4.79 Å². The van der Waals surface area contributed by atoms with Gasteiger partial charge in [-0.2, -0.15) is 0 Å². The quantitative estimate of drug-likeness (QED) is 0.791. The van der Waals surface area contributed by atoms with Gasteiger partial charge in [-0.05, 0) is 36.6 Å². The van der Waals surface area contributed by atoms with Gasteiger partial charge in [0.25, 0.3) is 5.91 Å². The number of rotatable bonds is 1. The fourth-order valence-electron chi connectivity index (χ4n) is 1.70. The van der Waals surface area contributed by atoms with E-state index in [4.69, 9.17) is 16.3 Å². The lowest BCUT2D eigenvalue weighted by molar-refractivity contribution is -0.128. The fraction of sp³-hybridized carbons (Fsp3) is 0.364. The lowest BCUT2D eigenvalue weighted by atomic mass is 10.0. The third-order valence-electron chi connectivity index (χ3n) is 2.51. The minimum atomic E-state index is -0.372. The number of halogens is 1. The number of ether oxygens (including phenoxy) is 1. The van der Waals surface area contributed by atoms with Crippen LogP contribution in [0.25, 0.3) is 0 Å². The zero-order chi connectivity index (χ0) is 10.8. The monoisotopic (exact) mass is 225 g/mol. The van der Waals surface area contributed by atoms with Gasteiger partial charge in [0.2, 0.25) is 0 Å². The number of hydrogen-bond acceptors (Lipinski definition) is 2. The molecule has 1 heterocycles. The van der Waals surface area contributed by atoms with Crippen LogP contribution in [0.1, 0.15) is 12.0 Å². The molecule has 1 aliphatic heterocycles. The number of aryl methyl sites for hydroxylation is 1. The standard InChI is InChI=1S/C11H12ClNO2/c1-13-11(14)10-4-2-7-6-8(12)3-5-9(7)15-10/h3,5-6,10H,2,4H2,1H3,(H,13,14). The number of carbonyl (C=O) groups is 1.